The van der Waals surface area contributed by atoms with E-state index in [0.717, 1.165) is 5.75 Å². The Morgan fingerprint density at radius 3 is 2.29 bits per heavy atom. The maximum absolute atomic E-state index is 5.76. The van der Waals surface area contributed by atoms with Crippen molar-refractivity contribution in [2.24, 2.45) is 0 Å². The summed E-state index contributed by atoms with van der Waals surface area (Å²) in [6.07, 6.45) is 5.55. The van der Waals surface area contributed by atoms with Gasteiger partial charge < -0.3 is 21.7 Å². The van der Waals surface area contributed by atoms with Crippen LogP contribution >= 0.6 is 0 Å². The number of hydrogen-bond donors (Lipinski definition) is 0. The maximum atomic E-state index is 5.76. The third-order valence-electron chi connectivity index (χ3n) is 2.29. The Balaban J connectivity index is 0.000000845. The third-order valence-corrected chi connectivity index (χ3v) is 2.29. The molecule has 0 N–H and O–H groups in total. The molecule has 0 amide bonds. The van der Waals surface area contributed by atoms with Crippen molar-refractivity contribution < 1.29 is 21.7 Å². The van der Waals surface area contributed by atoms with Crippen LogP contribution in [-0.2, 0) is 0 Å². The maximum Gasteiger partial charge on any atom is 2.00 e. The van der Waals surface area contributed by atoms with Crippen LogP contribution in [-0.4, -0.2) is 29.2 Å². The average Bonchev–Trinajstić information content (AvgIpc) is 2.59. The van der Waals surface area contributed by atoms with Gasteiger partial charge in [0.15, 0.2) is 0 Å². The van der Waals surface area contributed by atoms with Crippen molar-refractivity contribution in [2.75, 3.05) is 0 Å². The summed E-state index contributed by atoms with van der Waals surface area (Å²) in [6, 6.07) is 10.7. The van der Waals surface area contributed by atoms with Crippen LogP contribution in [0.1, 0.15) is 25.7 Å². The Morgan fingerprint density at radius 1 is 1.14 bits per heavy atom. The molecular formula is C11H13BrMgO. The van der Waals surface area contributed by atoms with E-state index in [9.17, 15) is 0 Å². The van der Waals surface area contributed by atoms with Crippen LogP contribution in [0.25, 0.3) is 0 Å². The van der Waals surface area contributed by atoms with Gasteiger partial charge in [-0.05, 0) is 25.7 Å². The van der Waals surface area contributed by atoms with Gasteiger partial charge in [-0.25, -0.2) is 0 Å². The van der Waals surface area contributed by atoms with Crippen molar-refractivity contribution in [1.82, 2.24) is 0 Å². The fourth-order valence-corrected chi connectivity index (χ4v) is 1.65. The van der Waals surface area contributed by atoms with E-state index in [1.165, 1.54) is 25.7 Å². The normalized spacial score (nSPS) is 15.4. The molecule has 1 nitrogen and oxygen atoms in total. The van der Waals surface area contributed by atoms with Gasteiger partial charge in [0, 0.05) is 5.75 Å². The van der Waals surface area contributed by atoms with Crippen molar-refractivity contribution in [2.45, 2.75) is 31.8 Å². The van der Waals surface area contributed by atoms with Crippen molar-refractivity contribution in [3.63, 3.8) is 0 Å². The summed E-state index contributed by atoms with van der Waals surface area (Å²) in [7, 11) is 0. The van der Waals surface area contributed by atoms with Crippen LogP contribution in [0.3, 0.4) is 0 Å². The van der Waals surface area contributed by atoms with Crippen molar-refractivity contribution >= 4 is 23.1 Å². The predicted octanol–water partition coefficient (Wildman–Crippen LogP) is -0.569. The SMILES string of the molecule is [Br-].[Mg+2].[c-]1ccc(OC2CCCC2)cc1. The summed E-state index contributed by atoms with van der Waals surface area (Å²) in [4.78, 5) is 0. The van der Waals surface area contributed by atoms with Gasteiger partial charge in [0.25, 0.3) is 0 Å². The van der Waals surface area contributed by atoms with E-state index in [0.29, 0.717) is 6.10 Å². The minimum absolute atomic E-state index is 0. The molecule has 0 atom stereocenters. The summed E-state index contributed by atoms with van der Waals surface area (Å²) in [5, 5.41) is 0. The molecule has 2 rings (SSSR count). The molecular weight excluding hydrogens is 252 g/mol. The van der Waals surface area contributed by atoms with Gasteiger partial charge in [-0.2, -0.15) is 18.2 Å². The molecule has 1 aliphatic rings. The average molecular weight is 265 g/mol. The standard InChI is InChI=1S/C11H13O.BrH.Mg/c1-2-6-10(7-3-1)12-11-8-4-5-9-11;;/h2-3,6-7,11H,4-5,8-9H2;1H;/q-1;;+2/p-1. The molecule has 1 aromatic rings. The van der Waals surface area contributed by atoms with Gasteiger partial charge in [-0.1, -0.05) is 0 Å². The second-order valence-corrected chi connectivity index (χ2v) is 3.26. The van der Waals surface area contributed by atoms with Gasteiger partial charge in [0.05, 0.1) is 6.10 Å². The van der Waals surface area contributed by atoms with Crippen LogP contribution in [0.4, 0.5) is 0 Å². The summed E-state index contributed by atoms with van der Waals surface area (Å²) in [5.41, 5.74) is 0. The Labute approximate surface area is 112 Å². The van der Waals surface area contributed by atoms with Gasteiger partial charge in [-0.15, -0.1) is 12.1 Å². The van der Waals surface area contributed by atoms with E-state index < -0.39 is 0 Å². The minimum atomic E-state index is 0. The first-order valence-electron chi connectivity index (χ1n) is 4.58. The number of halogens is 1. The molecule has 72 valence electrons. The van der Waals surface area contributed by atoms with Crippen LogP contribution in [0.5, 0.6) is 5.75 Å². The minimum Gasteiger partial charge on any atom is -1.00 e. The molecule has 0 saturated heterocycles. The first-order chi connectivity index (χ1) is 5.95. The summed E-state index contributed by atoms with van der Waals surface area (Å²) < 4.78 is 5.76. The summed E-state index contributed by atoms with van der Waals surface area (Å²) in [5.74, 6) is 0.987. The van der Waals surface area contributed by atoms with Crippen molar-refractivity contribution in [3.8, 4) is 5.75 Å². The zero-order chi connectivity index (χ0) is 8.23. The van der Waals surface area contributed by atoms with Gasteiger partial charge >= 0.3 is 23.1 Å². The summed E-state index contributed by atoms with van der Waals surface area (Å²) in [6.45, 7) is 0. The topological polar surface area (TPSA) is 9.23 Å². The fraction of sp³-hybridized carbons (Fsp3) is 0.455. The third kappa shape index (κ3) is 4.19. The van der Waals surface area contributed by atoms with E-state index in [2.05, 4.69) is 6.07 Å². The van der Waals surface area contributed by atoms with Crippen LogP contribution in [0.15, 0.2) is 24.3 Å². The molecule has 0 heterocycles. The van der Waals surface area contributed by atoms with Crippen molar-refractivity contribution in [3.05, 3.63) is 30.3 Å². The molecule has 0 radical (unpaired) electrons. The Hall–Kier alpha value is 0.266. The van der Waals surface area contributed by atoms with Crippen LogP contribution < -0.4 is 21.7 Å². The van der Waals surface area contributed by atoms with E-state index in [-0.39, 0.29) is 40.0 Å². The molecule has 1 aliphatic carbocycles. The summed E-state index contributed by atoms with van der Waals surface area (Å²) >= 11 is 0. The van der Waals surface area contributed by atoms with Crippen LogP contribution in [0.2, 0.25) is 0 Å². The molecule has 0 aliphatic heterocycles. The molecule has 14 heavy (non-hydrogen) atoms. The largest absolute Gasteiger partial charge is 2.00 e. The first kappa shape index (κ1) is 14.3. The van der Waals surface area contributed by atoms with Gasteiger partial charge in [0.2, 0.25) is 0 Å². The quantitative estimate of drug-likeness (QED) is 0.514. The van der Waals surface area contributed by atoms with Gasteiger partial charge in [0.1, 0.15) is 0 Å². The smallest absolute Gasteiger partial charge is 1.00 e. The zero-order valence-corrected chi connectivity index (χ0v) is 11.2. The predicted molar refractivity (Wildman–Crippen MR) is 53.9 cm³/mol. The molecule has 1 fully saturated rings. The molecule has 0 spiro atoms. The molecule has 1 saturated carbocycles. The number of benzene rings is 1. The van der Waals surface area contributed by atoms with E-state index in [4.69, 9.17) is 4.74 Å². The molecule has 3 heteroatoms. The molecule has 0 aromatic heterocycles. The Kier molecular flexibility index (Phi) is 7.69. The number of ether oxygens (including phenoxy) is 1. The van der Waals surface area contributed by atoms with Crippen molar-refractivity contribution in [1.29, 1.82) is 0 Å². The van der Waals surface area contributed by atoms with E-state index in [1.54, 1.807) is 0 Å². The number of hydrogen-bond acceptors (Lipinski definition) is 1. The molecule has 1 aromatic carbocycles. The second-order valence-electron chi connectivity index (χ2n) is 3.26. The zero-order valence-electron chi connectivity index (χ0n) is 8.21. The Bertz CT molecular complexity index is 234. The monoisotopic (exact) mass is 264 g/mol. The van der Waals surface area contributed by atoms with E-state index >= 15 is 0 Å². The second kappa shape index (κ2) is 7.54. The first-order valence-corrected chi connectivity index (χ1v) is 4.58. The fourth-order valence-electron chi connectivity index (χ4n) is 1.65. The molecule has 0 unspecified atom stereocenters. The van der Waals surface area contributed by atoms with E-state index in [1.807, 2.05) is 24.3 Å². The van der Waals surface area contributed by atoms with Gasteiger partial charge in [-0.3, -0.25) is 0 Å². The molecule has 0 bridgehead atoms. The van der Waals surface area contributed by atoms with Crippen LogP contribution in [0, 0.1) is 6.07 Å². The number of rotatable bonds is 2. The Morgan fingerprint density at radius 2 is 1.71 bits per heavy atom.